The quantitative estimate of drug-likeness (QED) is 0.422. The van der Waals surface area contributed by atoms with Gasteiger partial charge in [0.2, 0.25) is 5.91 Å². The first-order valence-corrected chi connectivity index (χ1v) is 11.4. The average Bonchev–Trinajstić information content (AvgIpc) is 3.38. The summed E-state index contributed by atoms with van der Waals surface area (Å²) in [5.74, 6) is -1.30. The van der Waals surface area contributed by atoms with Crippen LogP contribution < -0.4 is 5.32 Å². The number of aryl methyl sites for hydroxylation is 1. The predicted molar refractivity (Wildman–Crippen MR) is 132 cm³/mol. The highest BCUT2D eigenvalue weighted by molar-refractivity contribution is 6.22. The average molecular weight is 465 g/mol. The van der Waals surface area contributed by atoms with Gasteiger partial charge in [-0.05, 0) is 24.6 Å². The Morgan fingerprint density at radius 2 is 1.57 bits per heavy atom. The molecule has 3 aromatic carbocycles. The Labute approximate surface area is 203 Å². The fourth-order valence-electron chi connectivity index (χ4n) is 4.22. The Hall–Kier alpha value is -4.52. The topological polar surface area (TPSA) is 84.3 Å². The summed E-state index contributed by atoms with van der Waals surface area (Å²) in [6.45, 7) is 2.35. The standard InChI is InChI=1S/C28H24N4O3/c1-19-12-13-23-24(14-19)28(35)32(27(23)34)18-25(33)29-15-22-17-31(16-20-8-4-2-5-9-20)30-26(22)21-10-6-3-7-11-21/h2-14,17H,15-16,18H2,1H3,(H,29,33). The van der Waals surface area contributed by atoms with Crippen molar-refractivity contribution >= 4 is 17.7 Å². The van der Waals surface area contributed by atoms with Gasteiger partial charge in [0.05, 0.1) is 23.4 Å². The molecule has 7 nitrogen and oxygen atoms in total. The summed E-state index contributed by atoms with van der Waals surface area (Å²) in [4.78, 5) is 39.1. The SMILES string of the molecule is Cc1ccc2c(c1)C(=O)N(CC(=O)NCc1cn(Cc3ccccc3)nc1-c1ccccc1)C2=O. The second-order valence-corrected chi connectivity index (χ2v) is 8.57. The highest BCUT2D eigenvalue weighted by Gasteiger charge is 2.36. The lowest BCUT2D eigenvalue weighted by molar-refractivity contribution is -0.121. The Kier molecular flexibility index (Phi) is 5.97. The molecule has 4 aromatic rings. The van der Waals surface area contributed by atoms with Crippen molar-refractivity contribution in [1.82, 2.24) is 20.0 Å². The van der Waals surface area contributed by atoms with Crippen LogP contribution in [0.1, 0.15) is 37.4 Å². The molecule has 5 rings (SSSR count). The molecule has 1 aliphatic rings. The van der Waals surface area contributed by atoms with Crippen molar-refractivity contribution in [2.45, 2.75) is 20.0 Å². The molecule has 35 heavy (non-hydrogen) atoms. The number of benzene rings is 3. The molecule has 0 saturated carbocycles. The summed E-state index contributed by atoms with van der Waals surface area (Å²) >= 11 is 0. The Morgan fingerprint density at radius 3 is 2.31 bits per heavy atom. The van der Waals surface area contributed by atoms with Crippen molar-refractivity contribution in [2.24, 2.45) is 0 Å². The first-order valence-electron chi connectivity index (χ1n) is 11.4. The van der Waals surface area contributed by atoms with Crippen LogP contribution in [-0.2, 0) is 17.9 Å². The molecule has 0 radical (unpaired) electrons. The minimum Gasteiger partial charge on any atom is -0.350 e. The molecule has 0 bridgehead atoms. The number of aromatic nitrogens is 2. The minimum atomic E-state index is -0.444. The molecule has 1 N–H and O–H groups in total. The van der Waals surface area contributed by atoms with Gasteiger partial charge in [0, 0.05) is 23.9 Å². The number of carbonyl (C=O) groups is 3. The normalized spacial score (nSPS) is 12.7. The number of nitrogens with zero attached hydrogens (tertiary/aromatic N) is 3. The van der Waals surface area contributed by atoms with Crippen LogP contribution in [0.15, 0.2) is 85.1 Å². The Balaban J connectivity index is 1.31. The zero-order chi connectivity index (χ0) is 24.4. The molecular weight excluding hydrogens is 440 g/mol. The van der Waals surface area contributed by atoms with E-state index in [1.165, 1.54) is 0 Å². The monoisotopic (exact) mass is 464 g/mol. The number of hydrogen-bond donors (Lipinski definition) is 1. The van der Waals surface area contributed by atoms with E-state index in [2.05, 4.69) is 5.32 Å². The fourth-order valence-corrected chi connectivity index (χ4v) is 4.22. The molecule has 0 spiro atoms. The number of hydrogen-bond acceptors (Lipinski definition) is 4. The van der Waals surface area contributed by atoms with E-state index in [0.717, 1.165) is 32.8 Å². The molecule has 7 heteroatoms. The highest BCUT2D eigenvalue weighted by Crippen LogP contribution is 2.24. The van der Waals surface area contributed by atoms with Crippen LogP contribution in [0.4, 0.5) is 0 Å². The van der Waals surface area contributed by atoms with Crippen LogP contribution >= 0.6 is 0 Å². The summed E-state index contributed by atoms with van der Waals surface area (Å²) in [5.41, 5.74) is 5.25. The van der Waals surface area contributed by atoms with Crippen molar-refractivity contribution in [1.29, 1.82) is 0 Å². The summed E-state index contributed by atoms with van der Waals surface area (Å²) in [5, 5.41) is 7.62. The zero-order valence-electron chi connectivity index (χ0n) is 19.3. The predicted octanol–water partition coefficient (Wildman–Crippen LogP) is 3.82. The molecule has 0 fully saturated rings. The molecule has 1 aromatic heterocycles. The van der Waals surface area contributed by atoms with Gasteiger partial charge in [0.15, 0.2) is 0 Å². The molecular formula is C28H24N4O3. The Morgan fingerprint density at radius 1 is 0.886 bits per heavy atom. The summed E-state index contributed by atoms with van der Waals surface area (Å²) in [7, 11) is 0. The highest BCUT2D eigenvalue weighted by atomic mass is 16.2. The minimum absolute atomic E-state index is 0.222. The van der Waals surface area contributed by atoms with Crippen molar-refractivity contribution in [3.63, 3.8) is 0 Å². The van der Waals surface area contributed by atoms with Crippen LogP contribution in [0.2, 0.25) is 0 Å². The van der Waals surface area contributed by atoms with Gasteiger partial charge < -0.3 is 5.32 Å². The lowest BCUT2D eigenvalue weighted by atomic mass is 10.1. The molecule has 0 saturated heterocycles. The molecule has 2 heterocycles. The number of fused-ring (bicyclic) bond motifs is 1. The number of imide groups is 1. The molecule has 0 aliphatic carbocycles. The molecule has 0 atom stereocenters. The fraction of sp³-hybridized carbons (Fsp3) is 0.143. The molecule has 3 amide bonds. The van der Waals surface area contributed by atoms with Crippen molar-refractivity contribution in [3.8, 4) is 11.3 Å². The first-order chi connectivity index (χ1) is 17.0. The number of rotatable bonds is 7. The third-order valence-corrected chi connectivity index (χ3v) is 5.98. The van der Waals surface area contributed by atoms with Gasteiger partial charge in [0.25, 0.3) is 11.8 Å². The van der Waals surface area contributed by atoms with E-state index < -0.39 is 17.7 Å². The summed E-state index contributed by atoms with van der Waals surface area (Å²) in [6, 6.07) is 24.9. The van der Waals surface area contributed by atoms with E-state index in [9.17, 15) is 14.4 Å². The van der Waals surface area contributed by atoms with Crippen LogP contribution in [0.3, 0.4) is 0 Å². The second kappa shape index (κ2) is 9.38. The van der Waals surface area contributed by atoms with Crippen LogP contribution in [-0.4, -0.2) is 38.9 Å². The number of carbonyl (C=O) groups excluding carboxylic acids is 3. The maximum atomic E-state index is 12.7. The van der Waals surface area contributed by atoms with Gasteiger partial charge in [-0.3, -0.25) is 24.0 Å². The van der Waals surface area contributed by atoms with E-state index >= 15 is 0 Å². The first kappa shape index (κ1) is 22.3. The smallest absolute Gasteiger partial charge is 0.262 e. The summed E-state index contributed by atoms with van der Waals surface area (Å²) < 4.78 is 1.85. The van der Waals surface area contributed by atoms with Gasteiger partial charge >= 0.3 is 0 Å². The lowest BCUT2D eigenvalue weighted by Gasteiger charge is -2.13. The van der Waals surface area contributed by atoms with Crippen molar-refractivity contribution in [3.05, 3.63) is 113 Å². The van der Waals surface area contributed by atoms with E-state index in [4.69, 9.17) is 5.10 Å². The second-order valence-electron chi connectivity index (χ2n) is 8.57. The van der Waals surface area contributed by atoms with Crippen molar-refractivity contribution in [2.75, 3.05) is 6.54 Å². The van der Waals surface area contributed by atoms with Crippen LogP contribution in [0.5, 0.6) is 0 Å². The van der Waals surface area contributed by atoms with Crippen molar-refractivity contribution < 1.29 is 14.4 Å². The van der Waals surface area contributed by atoms with Gasteiger partial charge in [0.1, 0.15) is 6.54 Å². The molecule has 1 aliphatic heterocycles. The maximum absolute atomic E-state index is 12.7. The van der Waals surface area contributed by atoms with Gasteiger partial charge in [-0.2, -0.15) is 5.10 Å². The maximum Gasteiger partial charge on any atom is 0.262 e. The number of nitrogens with one attached hydrogen (secondary N) is 1. The van der Waals surface area contributed by atoms with Crippen LogP contribution in [0, 0.1) is 6.92 Å². The largest absolute Gasteiger partial charge is 0.350 e. The van der Waals surface area contributed by atoms with Gasteiger partial charge in [-0.25, -0.2) is 0 Å². The zero-order valence-corrected chi connectivity index (χ0v) is 19.3. The third-order valence-electron chi connectivity index (χ3n) is 5.98. The molecule has 0 unspecified atom stereocenters. The van der Waals surface area contributed by atoms with Gasteiger partial charge in [-0.15, -0.1) is 0 Å². The van der Waals surface area contributed by atoms with E-state index in [1.807, 2.05) is 78.5 Å². The van der Waals surface area contributed by atoms with Gasteiger partial charge in [-0.1, -0.05) is 72.3 Å². The number of amides is 3. The third kappa shape index (κ3) is 4.61. The van der Waals surface area contributed by atoms with E-state index in [-0.39, 0.29) is 13.1 Å². The lowest BCUT2D eigenvalue weighted by Crippen LogP contribution is -2.40. The molecule has 174 valence electrons. The van der Waals surface area contributed by atoms with E-state index in [1.54, 1.807) is 18.2 Å². The summed E-state index contributed by atoms with van der Waals surface area (Å²) in [6.07, 6.45) is 1.92. The Bertz CT molecular complexity index is 1410. The van der Waals surface area contributed by atoms with E-state index in [0.29, 0.717) is 17.7 Å². The van der Waals surface area contributed by atoms with Crippen LogP contribution in [0.25, 0.3) is 11.3 Å².